The largest absolute Gasteiger partial charge is 0.312 e. The highest BCUT2D eigenvalue weighted by atomic mass is 19.1. The summed E-state index contributed by atoms with van der Waals surface area (Å²) in [6.07, 6.45) is -0.143. The Morgan fingerprint density at radius 2 is 2.33 bits per heavy atom. The fraction of sp³-hybridized carbons (Fsp3) is 0.333. The zero-order valence-electron chi connectivity index (χ0n) is 6.92. The second-order valence-electron chi connectivity index (χ2n) is 3.17. The first-order chi connectivity index (χ1) is 5.70. The molecule has 64 valence electrons. The number of nitrogens with two attached hydrogens (primary N) is 1. The van der Waals surface area contributed by atoms with Crippen molar-refractivity contribution in [1.29, 1.82) is 0 Å². The van der Waals surface area contributed by atoms with Crippen LogP contribution in [0.3, 0.4) is 0 Å². The molecular formula is C9H11FN2. The van der Waals surface area contributed by atoms with Gasteiger partial charge in [0.25, 0.3) is 0 Å². The fourth-order valence-electron chi connectivity index (χ4n) is 1.60. The molecule has 0 saturated carbocycles. The molecule has 1 heterocycles. The van der Waals surface area contributed by atoms with Gasteiger partial charge in [0, 0.05) is 12.1 Å². The lowest BCUT2D eigenvalue weighted by atomic mass is 10.1. The van der Waals surface area contributed by atoms with Gasteiger partial charge >= 0.3 is 0 Å². The van der Waals surface area contributed by atoms with E-state index in [4.69, 9.17) is 5.73 Å². The van der Waals surface area contributed by atoms with Gasteiger partial charge < -0.3 is 5.73 Å². The summed E-state index contributed by atoms with van der Waals surface area (Å²) in [5.41, 5.74) is 7.48. The van der Waals surface area contributed by atoms with Gasteiger partial charge in [0.15, 0.2) is 0 Å². The maximum absolute atomic E-state index is 13.2. The zero-order valence-corrected chi connectivity index (χ0v) is 6.92. The fourth-order valence-corrected chi connectivity index (χ4v) is 1.60. The molecule has 0 spiro atoms. The van der Waals surface area contributed by atoms with E-state index in [1.165, 1.54) is 6.07 Å². The first kappa shape index (κ1) is 7.71. The van der Waals surface area contributed by atoms with Crippen LogP contribution in [0.1, 0.15) is 17.3 Å². The second-order valence-corrected chi connectivity index (χ2v) is 3.17. The quantitative estimate of drug-likeness (QED) is 0.628. The van der Waals surface area contributed by atoms with Crippen LogP contribution < -0.4 is 5.73 Å². The lowest BCUT2D eigenvalue weighted by Gasteiger charge is -2.13. The molecule has 1 unspecified atom stereocenters. The monoisotopic (exact) mass is 166 g/mol. The lowest BCUT2D eigenvalue weighted by Crippen LogP contribution is -2.23. The Hall–Kier alpha value is -0.930. The van der Waals surface area contributed by atoms with E-state index in [1.807, 2.05) is 18.0 Å². The van der Waals surface area contributed by atoms with Crippen LogP contribution in [0.25, 0.3) is 0 Å². The molecule has 0 aliphatic carbocycles. The van der Waals surface area contributed by atoms with Crippen molar-refractivity contribution in [3.8, 4) is 0 Å². The topological polar surface area (TPSA) is 29.3 Å². The maximum Gasteiger partial charge on any atom is 0.128 e. The van der Waals surface area contributed by atoms with Crippen LogP contribution in [-0.2, 0) is 6.54 Å². The average Bonchev–Trinajstić information content (AvgIpc) is 2.32. The Labute approximate surface area is 70.8 Å². The Balaban J connectivity index is 2.53. The molecule has 3 heteroatoms. The van der Waals surface area contributed by atoms with Crippen LogP contribution in [0.2, 0.25) is 0 Å². The van der Waals surface area contributed by atoms with Crippen molar-refractivity contribution in [3.63, 3.8) is 0 Å². The Kier molecular flexibility index (Phi) is 1.63. The summed E-state index contributed by atoms with van der Waals surface area (Å²) in [7, 11) is 1.89. The molecule has 2 rings (SSSR count). The third kappa shape index (κ3) is 0.940. The van der Waals surface area contributed by atoms with E-state index in [1.54, 1.807) is 6.07 Å². The van der Waals surface area contributed by atoms with Gasteiger partial charge in [-0.15, -0.1) is 0 Å². The van der Waals surface area contributed by atoms with Crippen LogP contribution in [0, 0.1) is 5.82 Å². The van der Waals surface area contributed by atoms with Gasteiger partial charge in [0.05, 0.1) is 6.17 Å². The molecule has 12 heavy (non-hydrogen) atoms. The number of fused-ring (bicyclic) bond motifs is 1. The van der Waals surface area contributed by atoms with Crippen LogP contribution in [0.5, 0.6) is 0 Å². The van der Waals surface area contributed by atoms with E-state index in [2.05, 4.69) is 0 Å². The summed E-state index contributed by atoms with van der Waals surface area (Å²) in [6, 6.07) is 5.06. The van der Waals surface area contributed by atoms with E-state index in [9.17, 15) is 4.39 Å². The van der Waals surface area contributed by atoms with Crippen molar-refractivity contribution in [3.05, 3.63) is 35.1 Å². The van der Waals surface area contributed by atoms with Gasteiger partial charge in [0.1, 0.15) is 5.82 Å². The number of benzene rings is 1. The summed E-state index contributed by atoms with van der Waals surface area (Å²) >= 11 is 0. The Morgan fingerprint density at radius 3 is 3.00 bits per heavy atom. The molecule has 0 amide bonds. The third-order valence-corrected chi connectivity index (χ3v) is 2.36. The van der Waals surface area contributed by atoms with Crippen molar-refractivity contribution in [1.82, 2.24) is 4.90 Å². The Morgan fingerprint density at radius 1 is 1.58 bits per heavy atom. The molecule has 0 fully saturated rings. The van der Waals surface area contributed by atoms with Gasteiger partial charge in [-0.2, -0.15) is 0 Å². The molecule has 1 aliphatic rings. The SMILES string of the molecule is CN1Cc2c(F)cccc2C1N. The number of nitrogens with zero attached hydrogens (tertiary/aromatic N) is 1. The van der Waals surface area contributed by atoms with Gasteiger partial charge in [-0.3, -0.25) is 4.90 Å². The minimum atomic E-state index is -0.146. The molecule has 0 bridgehead atoms. The van der Waals surface area contributed by atoms with E-state index in [-0.39, 0.29) is 12.0 Å². The molecule has 0 radical (unpaired) electrons. The van der Waals surface area contributed by atoms with E-state index in [0.29, 0.717) is 6.54 Å². The second kappa shape index (κ2) is 2.54. The summed E-state index contributed by atoms with van der Waals surface area (Å²) < 4.78 is 13.2. The molecule has 1 aromatic carbocycles. The predicted molar refractivity (Wildman–Crippen MR) is 44.8 cm³/mol. The van der Waals surface area contributed by atoms with Crippen LogP contribution in [-0.4, -0.2) is 11.9 Å². The predicted octanol–water partition coefficient (Wildman–Crippen LogP) is 1.23. The molecule has 0 saturated heterocycles. The highest BCUT2D eigenvalue weighted by Gasteiger charge is 2.25. The van der Waals surface area contributed by atoms with Crippen molar-refractivity contribution < 1.29 is 4.39 Å². The van der Waals surface area contributed by atoms with Crippen molar-refractivity contribution >= 4 is 0 Å². The number of rotatable bonds is 0. The smallest absolute Gasteiger partial charge is 0.128 e. The number of hydrogen-bond donors (Lipinski definition) is 1. The van der Waals surface area contributed by atoms with Crippen LogP contribution >= 0.6 is 0 Å². The number of hydrogen-bond acceptors (Lipinski definition) is 2. The normalized spacial score (nSPS) is 22.8. The molecule has 0 aromatic heterocycles. The molecular weight excluding hydrogens is 155 g/mol. The first-order valence-corrected chi connectivity index (χ1v) is 3.93. The maximum atomic E-state index is 13.2. The zero-order chi connectivity index (χ0) is 8.72. The first-order valence-electron chi connectivity index (χ1n) is 3.93. The minimum absolute atomic E-state index is 0.143. The van der Waals surface area contributed by atoms with Gasteiger partial charge in [-0.1, -0.05) is 12.1 Å². The highest BCUT2D eigenvalue weighted by molar-refractivity contribution is 5.34. The van der Waals surface area contributed by atoms with Crippen molar-refractivity contribution in [2.75, 3.05) is 7.05 Å². The van der Waals surface area contributed by atoms with Crippen molar-refractivity contribution in [2.24, 2.45) is 5.73 Å². The highest BCUT2D eigenvalue weighted by Crippen LogP contribution is 2.29. The van der Waals surface area contributed by atoms with Gasteiger partial charge in [-0.25, -0.2) is 4.39 Å². The number of halogens is 1. The Bertz CT molecular complexity index is 311. The van der Waals surface area contributed by atoms with E-state index < -0.39 is 0 Å². The average molecular weight is 166 g/mol. The molecule has 2 N–H and O–H groups in total. The van der Waals surface area contributed by atoms with E-state index in [0.717, 1.165) is 11.1 Å². The van der Waals surface area contributed by atoms with Gasteiger partial charge in [-0.05, 0) is 18.7 Å². The van der Waals surface area contributed by atoms with Crippen LogP contribution in [0.15, 0.2) is 18.2 Å². The summed E-state index contributed by atoms with van der Waals surface area (Å²) in [5.74, 6) is -0.146. The molecule has 1 atom stereocenters. The molecule has 2 nitrogen and oxygen atoms in total. The van der Waals surface area contributed by atoms with Crippen molar-refractivity contribution in [2.45, 2.75) is 12.7 Å². The summed E-state index contributed by atoms with van der Waals surface area (Å²) in [5, 5.41) is 0. The lowest BCUT2D eigenvalue weighted by molar-refractivity contribution is 0.273. The molecule has 1 aliphatic heterocycles. The summed E-state index contributed by atoms with van der Waals surface area (Å²) in [4.78, 5) is 1.92. The summed E-state index contributed by atoms with van der Waals surface area (Å²) in [6.45, 7) is 0.614. The van der Waals surface area contributed by atoms with Gasteiger partial charge in [0.2, 0.25) is 0 Å². The molecule has 1 aromatic rings. The third-order valence-electron chi connectivity index (χ3n) is 2.36. The van der Waals surface area contributed by atoms with Crippen LogP contribution in [0.4, 0.5) is 4.39 Å². The van der Waals surface area contributed by atoms with E-state index >= 15 is 0 Å². The standard InChI is InChI=1S/C9H11FN2/c1-12-5-7-6(9(12)11)3-2-4-8(7)10/h2-4,9H,5,11H2,1H3. The minimum Gasteiger partial charge on any atom is -0.312 e.